The molecule has 3 aromatic heterocycles. The quantitative estimate of drug-likeness (QED) is 0.343. The zero-order valence-electron chi connectivity index (χ0n) is 16.5. The van der Waals surface area contributed by atoms with E-state index in [0.29, 0.717) is 12.2 Å². The van der Waals surface area contributed by atoms with Crippen LogP contribution in [-0.4, -0.2) is 33.2 Å². The number of aliphatic hydroxyl groups is 1. The van der Waals surface area contributed by atoms with Crippen LogP contribution in [0.25, 0.3) is 21.6 Å². The van der Waals surface area contributed by atoms with Crippen molar-refractivity contribution in [1.82, 2.24) is 15.0 Å². The molecule has 4 rings (SSSR count). The molecule has 0 atom stereocenters. The molecule has 0 aliphatic heterocycles. The first kappa shape index (κ1) is 20.0. The fraction of sp³-hybridized carbons (Fsp3) is 0.208. The number of nitrogens with one attached hydrogen (secondary N) is 1. The highest BCUT2D eigenvalue weighted by molar-refractivity contribution is 7.18. The molecule has 150 valence electrons. The zero-order valence-corrected chi connectivity index (χ0v) is 17.3. The van der Waals surface area contributed by atoms with E-state index in [2.05, 4.69) is 46.4 Å². The Morgan fingerprint density at radius 1 is 1.03 bits per heavy atom. The second kappa shape index (κ2) is 9.97. The Morgan fingerprint density at radius 3 is 2.67 bits per heavy atom. The minimum atomic E-state index is 0.0561. The Bertz CT molecular complexity index is 1160. The van der Waals surface area contributed by atoms with Gasteiger partial charge in [0.2, 0.25) is 0 Å². The summed E-state index contributed by atoms with van der Waals surface area (Å²) >= 11 is 1.59. The van der Waals surface area contributed by atoms with E-state index in [-0.39, 0.29) is 6.61 Å². The first-order valence-electron chi connectivity index (χ1n) is 9.92. The van der Waals surface area contributed by atoms with Crippen LogP contribution in [0.3, 0.4) is 0 Å². The Balaban J connectivity index is 1.61. The molecule has 4 aromatic rings. The molecule has 0 saturated heterocycles. The number of benzene rings is 1. The summed E-state index contributed by atoms with van der Waals surface area (Å²) in [5.74, 6) is 7.61. The van der Waals surface area contributed by atoms with Crippen LogP contribution in [0, 0.1) is 11.8 Å². The predicted octanol–water partition coefficient (Wildman–Crippen LogP) is 4.53. The molecular formula is C24H22N4OS. The summed E-state index contributed by atoms with van der Waals surface area (Å²) in [6, 6.07) is 14.3. The summed E-state index contributed by atoms with van der Waals surface area (Å²) in [6.07, 6.45) is 5.96. The SMILES string of the molecule is OCCC#Cc1csc2c(NCCCc3ccccc3)nc(-c3ccncc3)nc12. The van der Waals surface area contributed by atoms with E-state index >= 15 is 0 Å². The third-order valence-electron chi connectivity index (χ3n) is 4.59. The van der Waals surface area contributed by atoms with E-state index in [4.69, 9.17) is 15.1 Å². The molecule has 0 amide bonds. The van der Waals surface area contributed by atoms with Gasteiger partial charge >= 0.3 is 0 Å². The van der Waals surface area contributed by atoms with Crippen LogP contribution in [-0.2, 0) is 6.42 Å². The van der Waals surface area contributed by atoms with Gasteiger partial charge in [0.05, 0.1) is 16.9 Å². The van der Waals surface area contributed by atoms with Crippen molar-refractivity contribution in [3.8, 4) is 23.2 Å². The van der Waals surface area contributed by atoms with Crippen LogP contribution in [0.2, 0.25) is 0 Å². The summed E-state index contributed by atoms with van der Waals surface area (Å²) in [7, 11) is 0. The van der Waals surface area contributed by atoms with Crippen LogP contribution < -0.4 is 5.32 Å². The van der Waals surface area contributed by atoms with Crippen LogP contribution in [0.4, 0.5) is 5.82 Å². The number of aryl methyl sites for hydroxylation is 1. The van der Waals surface area contributed by atoms with Gasteiger partial charge in [0, 0.05) is 36.3 Å². The topological polar surface area (TPSA) is 70.9 Å². The van der Waals surface area contributed by atoms with Crippen molar-refractivity contribution in [2.45, 2.75) is 19.3 Å². The molecule has 5 nitrogen and oxygen atoms in total. The van der Waals surface area contributed by atoms with Crippen LogP contribution in [0.15, 0.2) is 60.2 Å². The molecule has 0 radical (unpaired) electrons. The molecule has 0 aliphatic rings. The van der Waals surface area contributed by atoms with Crippen molar-refractivity contribution in [3.63, 3.8) is 0 Å². The van der Waals surface area contributed by atoms with Crippen molar-refractivity contribution < 1.29 is 5.11 Å². The maximum Gasteiger partial charge on any atom is 0.162 e. The zero-order chi connectivity index (χ0) is 20.6. The van der Waals surface area contributed by atoms with Crippen molar-refractivity contribution in [3.05, 3.63) is 71.4 Å². The summed E-state index contributed by atoms with van der Waals surface area (Å²) in [5, 5.41) is 14.5. The van der Waals surface area contributed by atoms with E-state index < -0.39 is 0 Å². The summed E-state index contributed by atoms with van der Waals surface area (Å²) in [6.45, 7) is 0.876. The molecule has 0 fully saturated rings. The minimum absolute atomic E-state index is 0.0561. The normalized spacial score (nSPS) is 10.6. The van der Waals surface area contributed by atoms with Gasteiger partial charge in [-0.15, -0.1) is 11.3 Å². The maximum absolute atomic E-state index is 9.01. The highest BCUT2D eigenvalue weighted by atomic mass is 32.1. The third-order valence-corrected chi connectivity index (χ3v) is 5.57. The van der Waals surface area contributed by atoms with Crippen molar-refractivity contribution in [1.29, 1.82) is 0 Å². The Labute approximate surface area is 179 Å². The van der Waals surface area contributed by atoms with E-state index in [1.807, 2.05) is 23.6 Å². The van der Waals surface area contributed by atoms with E-state index in [1.54, 1.807) is 23.7 Å². The number of nitrogens with zero attached hydrogens (tertiary/aromatic N) is 3. The van der Waals surface area contributed by atoms with Crippen molar-refractivity contribution in [2.75, 3.05) is 18.5 Å². The Morgan fingerprint density at radius 2 is 1.87 bits per heavy atom. The molecule has 0 spiro atoms. The smallest absolute Gasteiger partial charge is 0.162 e. The molecule has 0 bridgehead atoms. The van der Waals surface area contributed by atoms with Crippen LogP contribution in [0.1, 0.15) is 24.0 Å². The molecule has 30 heavy (non-hydrogen) atoms. The lowest BCUT2D eigenvalue weighted by Crippen LogP contribution is -2.06. The molecule has 6 heteroatoms. The number of pyridine rings is 1. The van der Waals surface area contributed by atoms with Crippen molar-refractivity contribution in [2.24, 2.45) is 0 Å². The Kier molecular flexibility index (Phi) is 6.65. The minimum Gasteiger partial charge on any atom is -0.395 e. The maximum atomic E-state index is 9.01. The third kappa shape index (κ3) is 4.82. The second-order valence-corrected chi connectivity index (χ2v) is 7.63. The first-order valence-corrected chi connectivity index (χ1v) is 10.8. The molecule has 2 N–H and O–H groups in total. The number of rotatable bonds is 7. The Hall–Kier alpha value is -3.27. The number of hydrogen-bond acceptors (Lipinski definition) is 6. The second-order valence-electron chi connectivity index (χ2n) is 6.75. The van der Waals surface area contributed by atoms with Crippen LogP contribution in [0.5, 0.6) is 0 Å². The van der Waals surface area contributed by atoms with Gasteiger partial charge in [-0.1, -0.05) is 42.2 Å². The van der Waals surface area contributed by atoms with Crippen LogP contribution >= 0.6 is 11.3 Å². The largest absolute Gasteiger partial charge is 0.395 e. The van der Waals surface area contributed by atoms with Crippen molar-refractivity contribution >= 4 is 27.4 Å². The number of anilines is 1. The lowest BCUT2D eigenvalue weighted by atomic mass is 10.1. The highest BCUT2D eigenvalue weighted by Gasteiger charge is 2.14. The molecule has 0 aliphatic carbocycles. The molecular weight excluding hydrogens is 392 g/mol. The average molecular weight is 415 g/mol. The van der Waals surface area contributed by atoms with E-state index in [9.17, 15) is 0 Å². The van der Waals surface area contributed by atoms with Gasteiger partial charge in [-0.05, 0) is 30.5 Å². The van der Waals surface area contributed by atoms with Gasteiger partial charge < -0.3 is 10.4 Å². The van der Waals surface area contributed by atoms with Gasteiger partial charge in [0.15, 0.2) is 5.82 Å². The highest BCUT2D eigenvalue weighted by Crippen LogP contribution is 2.32. The molecule has 0 unspecified atom stereocenters. The first-order chi connectivity index (χ1) is 14.8. The fourth-order valence-corrected chi connectivity index (χ4v) is 4.02. The fourth-order valence-electron chi connectivity index (χ4n) is 3.11. The van der Waals surface area contributed by atoms with Gasteiger partial charge in [0.1, 0.15) is 11.3 Å². The lowest BCUT2D eigenvalue weighted by molar-refractivity contribution is 0.305. The van der Waals surface area contributed by atoms with Gasteiger partial charge in [-0.25, -0.2) is 9.97 Å². The summed E-state index contributed by atoms with van der Waals surface area (Å²) < 4.78 is 1.00. The molecule has 0 saturated carbocycles. The van der Waals surface area contributed by atoms with Gasteiger partial charge in [-0.2, -0.15) is 0 Å². The summed E-state index contributed by atoms with van der Waals surface area (Å²) in [4.78, 5) is 13.7. The summed E-state index contributed by atoms with van der Waals surface area (Å²) in [5.41, 5.74) is 3.97. The van der Waals surface area contributed by atoms with E-state index in [1.165, 1.54) is 5.56 Å². The number of aliphatic hydroxyl groups excluding tert-OH is 1. The number of hydrogen-bond donors (Lipinski definition) is 2. The predicted molar refractivity (Wildman–Crippen MR) is 122 cm³/mol. The standard InChI is InChI=1S/C24H22N4OS/c29-16-5-4-10-20-17-30-22-21(20)27-23(19-11-14-25-15-12-19)28-24(22)26-13-6-9-18-7-2-1-3-8-18/h1-3,7-8,11-12,14-15,17,29H,5-6,9,13,16H2,(H,26,27,28). The molecule has 3 heterocycles. The number of thiophene rings is 1. The lowest BCUT2D eigenvalue weighted by Gasteiger charge is -2.09. The monoisotopic (exact) mass is 414 g/mol. The number of fused-ring (bicyclic) bond motifs is 1. The number of aromatic nitrogens is 3. The van der Waals surface area contributed by atoms with Gasteiger partial charge in [0.25, 0.3) is 0 Å². The van der Waals surface area contributed by atoms with E-state index in [0.717, 1.165) is 46.5 Å². The average Bonchev–Trinajstić information content (AvgIpc) is 3.21. The van der Waals surface area contributed by atoms with Gasteiger partial charge in [-0.3, -0.25) is 4.98 Å². The molecule has 1 aromatic carbocycles.